The fraction of sp³-hybridized carbons (Fsp3) is 0. The van der Waals surface area contributed by atoms with Gasteiger partial charge in [-0.25, -0.2) is 8.42 Å². The topological polar surface area (TPSA) is 66.7 Å². The Kier molecular flexibility index (Phi) is 4.44. The van der Waals surface area contributed by atoms with Crippen molar-refractivity contribution in [1.82, 2.24) is 0 Å². The number of rotatable bonds is 4. The Labute approximate surface area is 140 Å². The smallest absolute Gasteiger partial charge is 0.210 e. The molecule has 24 heavy (non-hydrogen) atoms. The number of aromatic hydroxyl groups is 1. The van der Waals surface area contributed by atoms with Crippen molar-refractivity contribution in [1.29, 1.82) is 0 Å². The van der Waals surface area contributed by atoms with Gasteiger partial charge in [0.2, 0.25) is 9.84 Å². The molecular formula is C19H15NO3S. The van der Waals surface area contributed by atoms with Gasteiger partial charge in [-0.1, -0.05) is 42.5 Å². The Balaban J connectivity index is 2.02. The van der Waals surface area contributed by atoms with Gasteiger partial charge < -0.3 is 5.11 Å². The minimum absolute atomic E-state index is 0.134. The van der Waals surface area contributed by atoms with E-state index in [0.717, 1.165) is 0 Å². The number of phenols is 1. The molecule has 0 heterocycles. The molecule has 0 saturated heterocycles. The number of para-hydroxylation sites is 2. The van der Waals surface area contributed by atoms with Crippen molar-refractivity contribution in [2.45, 2.75) is 9.79 Å². The molecule has 0 spiro atoms. The number of benzene rings is 3. The van der Waals surface area contributed by atoms with E-state index in [1.54, 1.807) is 30.3 Å². The van der Waals surface area contributed by atoms with Crippen molar-refractivity contribution in [2.75, 3.05) is 0 Å². The van der Waals surface area contributed by atoms with Gasteiger partial charge in [0.1, 0.15) is 10.6 Å². The van der Waals surface area contributed by atoms with Crippen LogP contribution in [0.25, 0.3) is 0 Å². The van der Waals surface area contributed by atoms with E-state index in [4.69, 9.17) is 0 Å². The molecule has 0 unspecified atom stereocenters. The lowest BCUT2D eigenvalue weighted by molar-refractivity contribution is 0.458. The van der Waals surface area contributed by atoms with Gasteiger partial charge in [0.05, 0.1) is 10.6 Å². The predicted octanol–water partition coefficient (Wildman–Crippen LogP) is 3.98. The highest BCUT2D eigenvalue weighted by Gasteiger charge is 2.22. The quantitative estimate of drug-likeness (QED) is 0.732. The van der Waals surface area contributed by atoms with Gasteiger partial charge in [-0.15, -0.1) is 0 Å². The Hall–Kier alpha value is -2.92. The molecule has 0 fully saturated rings. The number of hydrogen-bond acceptors (Lipinski definition) is 4. The summed E-state index contributed by atoms with van der Waals surface area (Å²) in [4.78, 5) is 4.26. The molecule has 0 aliphatic carbocycles. The van der Waals surface area contributed by atoms with Crippen molar-refractivity contribution in [3.63, 3.8) is 0 Å². The maximum absolute atomic E-state index is 12.7. The van der Waals surface area contributed by atoms with Crippen molar-refractivity contribution in [3.8, 4) is 5.75 Å². The Morgan fingerprint density at radius 3 is 2.08 bits per heavy atom. The molecule has 3 rings (SSSR count). The largest absolute Gasteiger partial charge is 0.506 e. The second-order valence-electron chi connectivity index (χ2n) is 5.10. The fourth-order valence-corrected chi connectivity index (χ4v) is 3.64. The zero-order chi connectivity index (χ0) is 17.0. The van der Waals surface area contributed by atoms with E-state index in [0.29, 0.717) is 11.3 Å². The van der Waals surface area contributed by atoms with E-state index in [1.165, 1.54) is 24.4 Å². The van der Waals surface area contributed by atoms with Gasteiger partial charge in [-0.05, 0) is 36.4 Å². The third kappa shape index (κ3) is 3.21. The van der Waals surface area contributed by atoms with Crippen molar-refractivity contribution in [2.24, 2.45) is 4.99 Å². The third-order valence-electron chi connectivity index (χ3n) is 3.48. The zero-order valence-corrected chi connectivity index (χ0v) is 13.5. The number of hydrogen-bond donors (Lipinski definition) is 1. The number of phenolic OH excluding ortho intramolecular Hbond substituents is 1. The summed E-state index contributed by atoms with van der Waals surface area (Å²) < 4.78 is 25.4. The van der Waals surface area contributed by atoms with Crippen LogP contribution in [0.3, 0.4) is 0 Å². The first-order chi connectivity index (χ1) is 11.6. The molecule has 0 atom stereocenters. The second kappa shape index (κ2) is 6.68. The first-order valence-corrected chi connectivity index (χ1v) is 8.78. The average molecular weight is 337 g/mol. The van der Waals surface area contributed by atoms with Crippen LogP contribution in [-0.4, -0.2) is 19.7 Å². The molecular weight excluding hydrogens is 322 g/mol. The molecule has 3 aromatic rings. The lowest BCUT2D eigenvalue weighted by Gasteiger charge is -2.08. The lowest BCUT2D eigenvalue weighted by Crippen LogP contribution is -2.03. The minimum Gasteiger partial charge on any atom is -0.506 e. The lowest BCUT2D eigenvalue weighted by atomic mass is 10.2. The van der Waals surface area contributed by atoms with Crippen molar-refractivity contribution in [3.05, 3.63) is 84.4 Å². The van der Waals surface area contributed by atoms with Gasteiger partial charge >= 0.3 is 0 Å². The third-order valence-corrected chi connectivity index (χ3v) is 5.28. The minimum atomic E-state index is -3.79. The monoisotopic (exact) mass is 337 g/mol. The molecule has 0 amide bonds. The highest BCUT2D eigenvalue weighted by molar-refractivity contribution is 7.91. The molecule has 0 aliphatic rings. The molecule has 0 aliphatic heterocycles. The molecule has 1 N–H and O–H groups in total. The molecule has 4 nitrogen and oxygen atoms in total. The number of aliphatic imine (C=N–C) groups is 1. The van der Waals surface area contributed by atoms with Crippen molar-refractivity contribution >= 4 is 21.7 Å². The SMILES string of the molecule is O=S(=O)(c1ccccc1)c1cccc(C=Nc2ccccc2)c1O. The van der Waals surface area contributed by atoms with Crippen LogP contribution in [0.1, 0.15) is 5.56 Å². The van der Waals surface area contributed by atoms with E-state index < -0.39 is 9.84 Å². The van der Waals surface area contributed by atoms with E-state index in [1.807, 2.05) is 30.3 Å². The normalized spacial score (nSPS) is 11.7. The van der Waals surface area contributed by atoms with Gasteiger partial charge in [0.25, 0.3) is 0 Å². The van der Waals surface area contributed by atoms with Crippen LogP contribution in [0.4, 0.5) is 5.69 Å². The zero-order valence-electron chi connectivity index (χ0n) is 12.7. The van der Waals surface area contributed by atoms with Crippen molar-refractivity contribution < 1.29 is 13.5 Å². The summed E-state index contributed by atoms with van der Waals surface area (Å²) in [6.07, 6.45) is 1.45. The predicted molar refractivity (Wildman–Crippen MR) is 93.7 cm³/mol. The van der Waals surface area contributed by atoms with Gasteiger partial charge in [-0.3, -0.25) is 4.99 Å². The molecule has 3 aromatic carbocycles. The Morgan fingerprint density at radius 2 is 1.42 bits per heavy atom. The second-order valence-corrected chi connectivity index (χ2v) is 7.02. The summed E-state index contributed by atoms with van der Waals surface area (Å²) in [5, 5.41) is 10.4. The Bertz CT molecular complexity index is 966. The molecule has 0 bridgehead atoms. The maximum Gasteiger partial charge on any atom is 0.210 e. The van der Waals surface area contributed by atoms with Gasteiger partial charge in [-0.2, -0.15) is 0 Å². The molecule has 0 radical (unpaired) electrons. The van der Waals surface area contributed by atoms with Crippen LogP contribution in [0.15, 0.2) is 93.6 Å². The van der Waals surface area contributed by atoms with Gasteiger partial charge in [0, 0.05) is 11.8 Å². The number of nitrogens with zero attached hydrogens (tertiary/aromatic N) is 1. The summed E-state index contributed by atoms with van der Waals surface area (Å²) in [7, 11) is -3.79. The van der Waals surface area contributed by atoms with E-state index in [2.05, 4.69) is 4.99 Å². The summed E-state index contributed by atoms with van der Waals surface area (Å²) in [5.74, 6) is -0.305. The van der Waals surface area contributed by atoms with Crippen LogP contribution in [-0.2, 0) is 9.84 Å². The molecule has 0 saturated carbocycles. The summed E-state index contributed by atoms with van der Waals surface area (Å²) in [6, 6.07) is 21.8. The van der Waals surface area contributed by atoms with E-state index in [9.17, 15) is 13.5 Å². The van der Waals surface area contributed by atoms with E-state index in [-0.39, 0.29) is 15.5 Å². The van der Waals surface area contributed by atoms with Crippen LogP contribution in [0.2, 0.25) is 0 Å². The molecule has 5 heteroatoms. The van der Waals surface area contributed by atoms with Crippen LogP contribution >= 0.6 is 0 Å². The molecule has 120 valence electrons. The standard InChI is InChI=1S/C19H15NO3S/c21-19-15(14-20-16-9-3-1-4-10-16)8-7-13-18(19)24(22,23)17-11-5-2-6-12-17/h1-14,21H. The summed E-state index contributed by atoms with van der Waals surface area (Å²) in [6.45, 7) is 0. The summed E-state index contributed by atoms with van der Waals surface area (Å²) >= 11 is 0. The number of sulfone groups is 1. The Morgan fingerprint density at radius 1 is 0.792 bits per heavy atom. The molecule has 0 aromatic heterocycles. The fourth-order valence-electron chi connectivity index (χ4n) is 2.25. The maximum atomic E-state index is 12.7. The van der Waals surface area contributed by atoms with Gasteiger partial charge in [0.15, 0.2) is 0 Å². The highest BCUT2D eigenvalue weighted by atomic mass is 32.2. The van der Waals surface area contributed by atoms with Crippen LogP contribution in [0, 0.1) is 0 Å². The first-order valence-electron chi connectivity index (χ1n) is 7.30. The van der Waals surface area contributed by atoms with Crippen LogP contribution < -0.4 is 0 Å². The summed E-state index contributed by atoms with van der Waals surface area (Å²) in [5.41, 5.74) is 1.06. The van der Waals surface area contributed by atoms with Crippen LogP contribution in [0.5, 0.6) is 5.75 Å². The van der Waals surface area contributed by atoms with E-state index >= 15 is 0 Å². The average Bonchev–Trinajstić information content (AvgIpc) is 2.62. The highest BCUT2D eigenvalue weighted by Crippen LogP contribution is 2.30. The first kappa shape index (κ1) is 16.0.